The van der Waals surface area contributed by atoms with Gasteiger partial charge in [-0.15, -0.1) is 0 Å². The van der Waals surface area contributed by atoms with Gasteiger partial charge in [-0.3, -0.25) is 4.79 Å². The average molecular weight is 376 g/mol. The summed E-state index contributed by atoms with van der Waals surface area (Å²) in [5.74, 6) is 0.456. The van der Waals surface area contributed by atoms with E-state index in [2.05, 4.69) is 33.4 Å². The van der Waals surface area contributed by atoms with Crippen molar-refractivity contribution in [2.45, 2.75) is 37.2 Å². The number of carbonyl (C=O) groups is 1. The number of anilines is 1. The molecular formula is C22H24N4O2. The number of hydrogen-bond acceptors (Lipinski definition) is 5. The fraction of sp³-hybridized carbons (Fsp3) is 0.500. The van der Waals surface area contributed by atoms with Crippen molar-refractivity contribution in [3.63, 3.8) is 0 Å². The molecule has 6 heteroatoms. The maximum absolute atomic E-state index is 12.4. The summed E-state index contributed by atoms with van der Waals surface area (Å²) in [6.07, 6.45) is 5.32. The van der Waals surface area contributed by atoms with E-state index in [0.29, 0.717) is 18.8 Å². The lowest BCUT2D eigenvalue weighted by Crippen LogP contribution is -2.41. The van der Waals surface area contributed by atoms with E-state index in [0.717, 1.165) is 48.7 Å². The normalized spacial score (nSPS) is 28.1. The third-order valence-electron chi connectivity index (χ3n) is 6.67. The molecule has 1 aromatic carbocycles. The fourth-order valence-electron chi connectivity index (χ4n) is 4.71. The van der Waals surface area contributed by atoms with Gasteiger partial charge >= 0.3 is 0 Å². The molecule has 1 spiro atoms. The molecule has 2 saturated carbocycles. The molecule has 28 heavy (non-hydrogen) atoms. The Bertz CT molecular complexity index is 994. The second-order valence-electron chi connectivity index (χ2n) is 8.61. The molecule has 6 nitrogen and oxygen atoms in total. The number of fused-ring (bicyclic) bond motifs is 1. The largest absolute Gasteiger partial charge is 0.375 e. The van der Waals surface area contributed by atoms with Gasteiger partial charge in [0.25, 0.3) is 0 Å². The number of carbonyl (C=O) groups excluding carboxylic acids is 1. The third-order valence-corrected chi connectivity index (χ3v) is 6.67. The van der Waals surface area contributed by atoms with Crippen molar-refractivity contribution >= 4 is 22.5 Å². The molecule has 1 unspecified atom stereocenters. The van der Waals surface area contributed by atoms with Gasteiger partial charge < -0.3 is 15.0 Å². The van der Waals surface area contributed by atoms with Crippen molar-refractivity contribution in [3.05, 3.63) is 36.0 Å². The molecule has 144 valence electrons. The summed E-state index contributed by atoms with van der Waals surface area (Å²) >= 11 is 0. The fourth-order valence-corrected chi connectivity index (χ4v) is 4.71. The van der Waals surface area contributed by atoms with Crippen molar-refractivity contribution < 1.29 is 9.53 Å². The van der Waals surface area contributed by atoms with Crippen LogP contribution in [0.15, 0.2) is 30.5 Å². The van der Waals surface area contributed by atoms with Crippen molar-refractivity contribution in [2.75, 3.05) is 32.1 Å². The Balaban J connectivity index is 1.33. The predicted molar refractivity (Wildman–Crippen MR) is 106 cm³/mol. The van der Waals surface area contributed by atoms with Crippen LogP contribution in [-0.4, -0.2) is 48.6 Å². The molecule has 1 N–H and O–H groups in total. The molecule has 1 aliphatic heterocycles. The molecule has 2 atom stereocenters. The van der Waals surface area contributed by atoms with Crippen LogP contribution in [0.5, 0.6) is 0 Å². The molecule has 1 saturated heterocycles. The van der Waals surface area contributed by atoms with E-state index >= 15 is 0 Å². The van der Waals surface area contributed by atoms with Crippen LogP contribution in [-0.2, 0) is 14.9 Å². The highest BCUT2D eigenvalue weighted by Gasteiger charge is 2.75. The zero-order valence-corrected chi connectivity index (χ0v) is 16.1. The van der Waals surface area contributed by atoms with E-state index in [-0.39, 0.29) is 22.8 Å². The predicted octanol–water partition coefficient (Wildman–Crippen LogP) is 2.84. The van der Waals surface area contributed by atoms with E-state index in [9.17, 15) is 10.1 Å². The van der Waals surface area contributed by atoms with Gasteiger partial charge in [0.1, 0.15) is 5.82 Å². The van der Waals surface area contributed by atoms with E-state index < -0.39 is 0 Å². The molecule has 5 rings (SSSR count). The van der Waals surface area contributed by atoms with Gasteiger partial charge in [0.2, 0.25) is 5.91 Å². The molecule has 1 aromatic heterocycles. The van der Waals surface area contributed by atoms with Crippen LogP contribution in [0.4, 0.5) is 5.82 Å². The summed E-state index contributed by atoms with van der Waals surface area (Å²) in [5, 5.41) is 14.7. The van der Waals surface area contributed by atoms with Gasteiger partial charge in [0, 0.05) is 24.7 Å². The highest BCUT2D eigenvalue weighted by molar-refractivity contribution is 5.93. The SMILES string of the molecule is CN1CCO[C@@H](CC(=O)Nc2cc3cc(C4(C#N)CC45CC5)ccc3cn2)C1. The first-order valence-electron chi connectivity index (χ1n) is 9.95. The first-order chi connectivity index (χ1) is 13.5. The van der Waals surface area contributed by atoms with Gasteiger partial charge in [-0.05, 0) is 54.8 Å². The van der Waals surface area contributed by atoms with Gasteiger partial charge in [-0.2, -0.15) is 5.26 Å². The van der Waals surface area contributed by atoms with Crippen LogP contribution in [0.1, 0.15) is 31.2 Å². The number of pyridine rings is 1. The first-order valence-corrected chi connectivity index (χ1v) is 9.95. The minimum absolute atomic E-state index is 0.0779. The maximum Gasteiger partial charge on any atom is 0.228 e. The maximum atomic E-state index is 12.4. The molecule has 2 heterocycles. The Morgan fingerprint density at radius 3 is 2.96 bits per heavy atom. The lowest BCUT2D eigenvalue weighted by molar-refractivity contribution is -0.120. The van der Waals surface area contributed by atoms with Gasteiger partial charge in [-0.25, -0.2) is 4.98 Å². The van der Waals surface area contributed by atoms with Crippen LogP contribution >= 0.6 is 0 Å². The van der Waals surface area contributed by atoms with E-state index in [1.807, 2.05) is 19.2 Å². The van der Waals surface area contributed by atoms with Crippen LogP contribution in [0.25, 0.3) is 10.8 Å². The zero-order chi connectivity index (χ0) is 19.4. The number of benzene rings is 1. The lowest BCUT2D eigenvalue weighted by Gasteiger charge is -2.29. The van der Waals surface area contributed by atoms with Crippen LogP contribution < -0.4 is 5.32 Å². The van der Waals surface area contributed by atoms with Crippen LogP contribution in [0.2, 0.25) is 0 Å². The monoisotopic (exact) mass is 376 g/mol. The summed E-state index contributed by atoms with van der Waals surface area (Å²) < 4.78 is 5.67. The molecule has 2 aliphatic carbocycles. The Kier molecular flexibility index (Phi) is 3.94. The summed E-state index contributed by atoms with van der Waals surface area (Å²) in [6, 6.07) is 10.7. The van der Waals surface area contributed by atoms with Gasteiger partial charge in [0.05, 0.1) is 30.6 Å². The Labute approximate surface area is 164 Å². The Morgan fingerprint density at radius 1 is 1.39 bits per heavy atom. The molecule has 2 aromatic rings. The number of likely N-dealkylation sites (N-methyl/N-ethyl adjacent to an activating group) is 1. The second-order valence-corrected chi connectivity index (χ2v) is 8.61. The third kappa shape index (κ3) is 2.86. The van der Waals surface area contributed by atoms with Crippen molar-refractivity contribution in [2.24, 2.45) is 5.41 Å². The molecule has 0 radical (unpaired) electrons. The zero-order valence-electron chi connectivity index (χ0n) is 16.1. The Hall–Kier alpha value is -2.49. The standard InChI is InChI=1S/C22H24N4O2/c1-26-6-7-28-18(12-26)10-20(27)25-19-9-16-8-17(3-2-15(16)11-24-19)22(14-23)13-21(22)4-5-21/h2-3,8-9,11,18H,4-7,10,12-13H2,1H3,(H,24,25,27)/t18-,22?/m0/s1. The molecular weight excluding hydrogens is 352 g/mol. The minimum atomic E-state index is -0.307. The number of nitrogens with one attached hydrogen (secondary N) is 1. The van der Waals surface area contributed by atoms with Crippen molar-refractivity contribution in [3.8, 4) is 6.07 Å². The average Bonchev–Trinajstić information content (AvgIpc) is 3.59. The quantitative estimate of drug-likeness (QED) is 0.888. The number of nitriles is 1. The Morgan fingerprint density at radius 2 is 2.25 bits per heavy atom. The number of nitrogens with zero attached hydrogens (tertiary/aromatic N) is 3. The number of morpholine rings is 1. The van der Waals surface area contributed by atoms with Crippen molar-refractivity contribution in [1.29, 1.82) is 5.26 Å². The summed E-state index contributed by atoms with van der Waals surface area (Å²) in [7, 11) is 2.04. The number of ether oxygens (including phenoxy) is 1. The molecule has 3 aliphatic rings. The van der Waals surface area contributed by atoms with E-state index in [1.54, 1.807) is 6.20 Å². The lowest BCUT2D eigenvalue weighted by atomic mass is 9.92. The minimum Gasteiger partial charge on any atom is -0.375 e. The second kappa shape index (κ2) is 6.26. The van der Waals surface area contributed by atoms with Gasteiger partial charge in [-0.1, -0.05) is 12.1 Å². The topological polar surface area (TPSA) is 78.2 Å². The van der Waals surface area contributed by atoms with Gasteiger partial charge in [0.15, 0.2) is 0 Å². The highest BCUT2D eigenvalue weighted by atomic mass is 16.5. The molecule has 1 amide bonds. The number of amides is 1. The highest BCUT2D eigenvalue weighted by Crippen LogP contribution is 2.78. The van der Waals surface area contributed by atoms with E-state index in [4.69, 9.17) is 4.74 Å². The number of rotatable bonds is 4. The summed E-state index contributed by atoms with van der Waals surface area (Å²) in [5.41, 5.74) is 1.03. The molecule has 3 fully saturated rings. The first kappa shape index (κ1) is 17.6. The van der Waals surface area contributed by atoms with Crippen LogP contribution in [0, 0.1) is 16.7 Å². The molecule has 0 bridgehead atoms. The number of aromatic nitrogens is 1. The van der Waals surface area contributed by atoms with Crippen molar-refractivity contribution in [1.82, 2.24) is 9.88 Å². The van der Waals surface area contributed by atoms with E-state index in [1.165, 1.54) is 0 Å². The number of hydrogen-bond donors (Lipinski definition) is 1. The smallest absolute Gasteiger partial charge is 0.228 e. The van der Waals surface area contributed by atoms with Crippen LogP contribution in [0.3, 0.4) is 0 Å². The summed E-state index contributed by atoms with van der Waals surface area (Å²) in [4.78, 5) is 19.0. The summed E-state index contributed by atoms with van der Waals surface area (Å²) in [6.45, 7) is 2.33.